The van der Waals surface area contributed by atoms with Crippen molar-refractivity contribution in [2.75, 3.05) is 25.1 Å². The van der Waals surface area contributed by atoms with Crippen LogP contribution in [0.25, 0.3) is 10.3 Å². The molecule has 1 amide bonds. The smallest absolute Gasteiger partial charge is 0.275 e. The fraction of sp³-hybridized carbons (Fsp3) is 0.353. The van der Waals surface area contributed by atoms with Gasteiger partial charge in [0.2, 0.25) is 5.95 Å². The van der Waals surface area contributed by atoms with Crippen LogP contribution in [0.5, 0.6) is 0 Å². The second kappa shape index (κ2) is 7.12. The molecule has 4 rings (SSSR count). The topological polar surface area (TPSA) is 95.9 Å². The highest BCUT2D eigenvalue weighted by atomic mass is 32.1. The summed E-state index contributed by atoms with van der Waals surface area (Å²) in [6.07, 6.45) is 2.73. The van der Waals surface area contributed by atoms with E-state index in [0.717, 1.165) is 17.7 Å². The number of fused-ring (bicyclic) bond motifs is 1. The maximum Gasteiger partial charge on any atom is 0.275 e. The molecule has 1 aliphatic heterocycles. The lowest BCUT2D eigenvalue weighted by Crippen LogP contribution is -2.30. The first-order chi connectivity index (χ1) is 13.0. The lowest BCUT2D eigenvalue weighted by atomic mass is 10.1. The van der Waals surface area contributed by atoms with Gasteiger partial charge >= 0.3 is 0 Å². The number of hydrogen-bond acceptors (Lipinski definition) is 8. The summed E-state index contributed by atoms with van der Waals surface area (Å²) in [5, 5.41) is 7.08. The molecular weight excluding hydrogens is 369 g/mol. The van der Waals surface area contributed by atoms with E-state index in [1.807, 2.05) is 13.8 Å². The molecule has 1 fully saturated rings. The molecular formula is C17H18FN7OS. The molecule has 0 spiro atoms. The zero-order chi connectivity index (χ0) is 19.0. The Kier molecular flexibility index (Phi) is 4.66. The Labute approximate surface area is 158 Å². The summed E-state index contributed by atoms with van der Waals surface area (Å²) >= 11 is 1.40. The van der Waals surface area contributed by atoms with Crippen LogP contribution in [0.15, 0.2) is 18.5 Å². The Bertz CT molecular complexity index is 1000. The summed E-state index contributed by atoms with van der Waals surface area (Å²) in [7, 11) is 0. The first-order valence-electron chi connectivity index (χ1n) is 8.53. The van der Waals surface area contributed by atoms with Crippen LogP contribution in [0.1, 0.15) is 34.0 Å². The highest BCUT2D eigenvalue weighted by Crippen LogP contribution is 2.27. The standard InChI is InChI=1S/C17H18FN7OS/c1-9(11-5-12(18)7-20-6-11)21-17-23-13(16(26)25-4-3-19-8-25)14-15(24-17)22-10(2)27-14/h5-7,9,19H,3-4,8H2,1-2H3,(H,21,23,24). The number of carbonyl (C=O) groups excluding carboxylic acids is 1. The molecule has 4 heterocycles. The van der Waals surface area contributed by atoms with Gasteiger partial charge < -0.3 is 10.2 Å². The number of nitrogens with zero attached hydrogens (tertiary/aromatic N) is 5. The van der Waals surface area contributed by atoms with Crippen molar-refractivity contribution in [2.24, 2.45) is 0 Å². The molecule has 0 radical (unpaired) electrons. The zero-order valence-electron chi connectivity index (χ0n) is 14.9. The predicted octanol–water partition coefficient (Wildman–Crippen LogP) is 2.10. The van der Waals surface area contributed by atoms with Crippen LogP contribution in [0.2, 0.25) is 0 Å². The van der Waals surface area contributed by atoms with Crippen molar-refractivity contribution in [3.05, 3.63) is 40.5 Å². The van der Waals surface area contributed by atoms with Crippen molar-refractivity contribution in [3.8, 4) is 0 Å². The summed E-state index contributed by atoms with van der Waals surface area (Å²) < 4.78 is 14.1. The van der Waals surface area contributed by atoms with Gasteiger partial charge in [0.05, 0.1) is 23.9 Å². The first-order valence-corrected chi connectivity index (χ1v) is 9.35. The summed E-state index contributed by atoms with van der Waals surface area (Å²) in [5.74, 6) is -0.288. The number of hydrogen-bond donors (Lipinski definition) is 2. The van der Waals surface area contributed by atoms with Gasteiger partial charge in [-0.1, -0.05) is 0 Å². The minimum Gasteiger partial charge on any atom is -0.348 e. The summed E-state index contributed by atoms with van der Waals surface area (Å²) in [5.41, 5.74) is 1.47. The van der Waals surface area contributed by atoms with Gasteiger partial charge in [-0.25, -0.2) is 14.4 Å². The molecule has 0 aromatic carbocycles. The lowest BCUT2D eigenvalue weighted by Gasteiger charge is -2.17. The van der Waals surface area contributed by atoms with E-state index in [2.05, 4.69) is 30.6 Å². The molecule has 3 aromatic heterocycles. The average molecular weight is 387 g/mol. The highest BCUT2D eigenvalue weighted by Gasteiger charge is 2.25. The fourth-order valence-electron chi connectivity index (χ4n) is 2.91. The second-order valence-electron chi connectivity index (χ2n) is 6.31. The molecule has 1 unspecified atom stereocenters. The van der Waals surface area contributed by atoms with Crippen LogP contribution in [-0.4, -0.2) is 50.5 Å². The van der Waals surface area contributed by atoms with Crippen LogP contribution in [0.3, 0.4) is 0 Å². The zero-order valence-corrected chi connectivity index (χ0v) is 15.7. The predicted molar refractivity (Wildman–Crippen MR) is 100 cm³/mol. The Balaban J connectivity index is 1.69. The number of aromatic nitrogens is 4. The van der Waals surface area contributed by atoms with E-state index in [1.165, 1.54) is 17.4 Å². The average Bonchev–Trinajstić information content (AvgIpc) is 3.29. The van der Waals surface area contributed by atoms with Gasteiger partial charge in [-0.05, 0) is 25.5 Å². The van der Waals surface area contributed by atoms with Gasteiger partial charge in [0, 0.05) is 19.3 Å². The Hall–Kier alpha value is -2.72. The molecule has 3 aromatic rings. The highest BCUT2D eigenvalue weighted by molar-refractivity contribution is 7.18. The van der Waals surface area contributed by atoms with Crippen LogP contribution in [0, 0.1) is 12.7 Å². The molecule has 0 saturated carbocycles. The van der Waals surface area contributed by atoms with E-state index in [1.54, 1.807) is 11.1 Å². The van der Waals surface area contributed by atoms with Crippen molar-refractivity contribution in [1.82, 2.24) is 30.2 Å². The van der Waals surface area contributed by atoms with E-state index in [0.29, 0.717) is 34.8 Å². The van der Waals surface area contributed by atoms with E-state index < -0.39 is 5.82 Å². The van der Waals surface area contributed by atoms with Gasteiger partial charge in [-0.2, -0.15) is 4.98 Å². The summed E-state index contributed by atoms with van der Waals surface area (Å²) in [6.45, 7) is 5.61. The van der Waals surface area contributed by atoms with Crippen LogP contribution < -0.4 is 10.6 Å². The second-order valence-corrected chi connectivity index (χ2v) is 7.51. The molecule has 0 bridgehead atoms. The number of pyridine rings is 1. The molecule has 10 heteroatoms. The fourth-order valence-corrected chi connectivity index (χ4v) is 3.75. The van der Waals surface area contributed by atoms with Gasteiger partial charge in [-0.3, -0.25) is 15.1 Å². The minimum atomic E-state index is -0.412. The van der Waals surface area contributed by atoms with Crippen LogP contribution in [0.4, 0.5) is 10.3 Å². The largest absolute Gasteiger partial charge is 0.348 e. The van der Waals surface area contributed by atoms with E-state index >= 15 is 0 Å². The van der Waals surface area contributed by atoms with Crippen molar-refractivity contribution in [3.63, 3.8) is 0 Å². The Morgan fingerprint density at radius 1 is 1.37 bits per heavy atom. The Morgan fingerprint density at radius 3 is 2.96 bits per heavy atom. The molecule has 8 nitrogen and oxygen atoms in total. The molecule has 1 aliphatic rings. The maximum atomic E-state index is 13.4. The van der Waals surface area contributed by atoms with E-state index in [-0.39, 0.29) is 17.9 Å². The molecule has 1 saturated heterocycles. The normalized spacial score (nSPS) is 15.3. The van der Waals surface area contributed by atoms with Gasteiger partial charge in [0.25, 0.3) is 5.91 Å². The molecule has 27 heavy (non-hydrogen) atoms. The quantitative estimate of drug-likeness (QED) is 0.708. The third-order valence-corrected chi connectivity index (χ3v) is 5.25. The third kappa shape index (κ3) is 3.58. The number of halogens is 1. The number of aryl methyl sites for hydroxylation is 1. The van der Waals surface area contributed by atoms with Gasteiger partial charge in [0.15, 0.2) is 11.3 Å². The Morgan fingerprint density at radius 2 is 2.22 bits per heavy atom. The number of amides is 1. The van der Waals surface area contributed by atoms with E-state index in [4.69, 9.17) is 0 Å². The molecule has 140 valence electrons. The van der Waals surface area contributed by atoms with Crippen LogP contribution >= 0.6 is 11.3 Å². The maximum absolute atomic E-state index is 13.4. The monoisotopic (exact) mass is 387 g/mol. The van der Waals surface area contributed by atoms with Crippen molar-refractivity contribution < 1.29 is 9.18 Å². The molecule has 0 aliphatic carbocycles. The minimum absolute atomic E-state index is 0.154. The molecule has 1 atom stereocenters. The number of thiazole rings is 1. The number of carbonyl (C=O) groups is 1. The summed E-state index contributed by atoms with van der Waals surface area (Å²) in [6, 6.07) is 1.11. The molecule has 2 N–H and O–H groups in total. The first kappa shape index (κ1) is 17.7. The summed E-state index contributed by atoms with van der Waals surface area (Å²) in [4.78, 5) is 31.8. The van der Waals surface area contributed by atoms with E-state index in [9.17, 15) is 9.18 Å². The van der Waals surface area contributed by atoms with Crippen molar-refractivity contribution in [1.29, 1.82) is 0 Å². The number of nitrogens with one attached hydrogen (secondary N) is 2. The number of rotatable bonds is 4. The van der Waals surface area contributed by atoms with Gasteiger partial charge in [0.1, 0.15) is 10.5 Å². The van der Waals surface area contributed by atoms with Crippen molar-refractivity contribution in [2.45, 2.75) is 19.9 Å². The van der Waals surface area contributed by atoms with Gasteiger partial charge in [-0.15, -0.1) is 11.3 Å². The van der Waals surface area contributed by atoms with Crippen LogP contribution in [-0.2, 0) is 0 Å². The van der Waals surface area contributed by atoms with Crippen molar-refractivity contribution >= 4 is 33.5 Å². The SMILES string of the molecule is Cc1nc2nc(NC(C)c3cncc(F)c3)nc(C(=O)N3CCNC3)c2s1. The number of anilines is 1. The third-order valence-electron chi connectivity index (χ3n) is 4.28. The lowest BCUT2D eigenvalue weighted by molar-refractivity contribution is 0.0787.